The summed E-state index contributed by atoms with van der Waals surface area (Å²) in [6, 6.07) is 8.17. The van der Waals surface area contributed by atoms with Crippen LogP contribution in [0.4, 0.5) is 0 Å². The lowest BCUT2D eigenvalue weighted by molar-refractivity contribution is 0.928. The number of benzene rings is 1. The molecule has 0 spiro atoms. The number of hydrogen-bond donors (Lipinski definition) is 1. The molecule has 0 aliphatic heterocycles. The molecule has 0 amide bonds. The summed E-state index contributed by atoms with van der Waals surface area (Å²) >= 11 is 4.90. The van der Waals surface area contributed by atoms with E-state index in [1.165, 1.54) is 5.56 Å². The molecule has 0 saturated heterocycles. The molecule has 1 aromatic carbocycles. The second kappa shape index (κ2) is 3.90. The molecular formula is C11H11N3S. The van der Waals surface area contributed by atoms with Gasteiger partial charge < -0.3 is 0 Å². The molecule has 0 aliphatic carbocycles. The highest BCUT2D eigenvalue weighted by molar-refractivity contribution is 7.71. The third-order valence-corrected chi connectivity index (χ3v) is 2.38. The van der Waals surface area contributed by atoms with Crippen molar-refractivity contribution in [2.45, 2.75) is 13.8 Å². The molecule has 0 aliphatic rings. The van der Waals surface area contributed by atoms with Crippen molar-refractivity contribution in [1.82, 2.24) is 15.2 Å². The second-order valence-corrected chi connectivity index (χ2v) is 3.83. The van der Waals surface area contributed by atoms with Gasteiger partial charge in [-0.25, -0.2) is 4.98 Å². The monoisotopic (exact) mass is 217 g/mol. The molecule has 4 heteroatoms. The Bertz CT molecular complexity index is 528. The van der Waals surface area contributed by atoms with Crippen molar-refractivity contribution in [1.29, 1.82) is 0 Å². The van der Waals surface area contributed by atoms with Crippen LogP contribution < -0.4 is 0 Å². The van der Waals surface area contributed by atoms with Gasteiger partial charge in [0.15, 0.2) is 0 Å². The van der Waals surface area contributed by atoms with Crippen LogP contribution in [-0.4, -0.2) is 15.2 Å². The highest BCUT2D eigenvalue weighted by atomic mass is 32.1. The molecule has 0 radical (unpaired) electrons. The summed E-state index contributed by atoms with van der Waals surface area (Å²) in [6.07, 6.45) is 0. The highest BCUT2D eigenvalue weighted by Crippen LogP contribution is 2.18. The molecule has 0 atom stereocenters. The normalized spacial score (nSPS) is 10.3. The fourth-order valence-corrected chi connectivity index (χ4v) is 1.58. The van der Waals surface area contributed by atoms with E-state index in [0.29, 0.717) is 4.77 Å². The van der Waals surface area contributed by atoms with Gasteiger partial charge in [0.25, 0.3) is 0 Å². The van der Waals surface area contributed by atoms with Crippen LogP contribution in [-0.2, 0) is 0 Å². The number of rotatable bonds is 1. The molecule has 2 rings (SSSR count). The molecule has 15 heavy (non-hydrogen) atoms. The number of aromatic amines is 1. The van der Waals surface area contributed by atoms with Crippen LogP contribution >= 0.6 is 12.2 Å². The number of hydrogen-bond acceptors (Lipinski definition) is 3. The van der Waals surface area contributed by atoms with Crippen LogP contribution in [0.2, 0.25) is 0 Å². The molecule has 1 N–H and O–H groups in total. The maximum absolute atomic E-state index is 4.90. The maximum Gasteiger partial charge on any atom is 0.213 e. The first-order valence-electron chi connectivity index (χ1n) is 4.67. The summed E-state index contributed by atoms with van der Waals surface area (Å²) in [7, 11) is 0. The van der Waals surface area contributed by atoms with E-state index in [4.69, 9.17) is 12.2 Å². The molecule has 1 heterocycles. The van der Waals surface area contributed by atoms with Crippen molar-refractivity contribution < 1.29 is 0 Å². The first-order valence-corrected chi connectivity index (χ1v) is 5.08. The van der Waals surface area contributed by atoms with Crippen LogP contribution in [0.15, 0.2) is 24.3 Å². The van der Waals surface area contributed by atoms with Gasteiger partial charge in [0.05, 0.1) is 5.69 Å². The molecule has 2 aromatic rings. The lowest BCUT2D eigenvalue weighted by Crippen LogP contribution is -1.95. The summed E-state index contributed by atoms with van der Waals surface area (Å²) in [4.78, 5) is 4.17. The minimum atomic E-state index is 0.420. The topological polar surface area (TPSA) is 41.6 Å². The average molecular weight is 217 g/mol. The summed E-state index contributed by atoms with van der Waals surface area (Å²) in [5.41, 5.74) is 3.98. The number of aryl methyl sites for hydroxylation is 2. The molecule has 0 fully saturated rings. The van der Waals surface area contributed by atoms with E-state index >= 15 is 0 Å². The van der Waals surface area contributed by atoms with Crippen LogP contribution in [0.1, 0.15) is 11.3 Å². The molecule has 76 valence electrons. The first-order chi connectivity index (χ1) is 7.16. The van der Waals surface area contributed by atoms with Gasteiger partial charge in [0.1, 0.15) is 5.69 Å². The zero-order valence-electron chi connectivity index (χ0n) is 8.61. The van der Waals surface area contributed by atoms with Crippen molar-refractivity contribution in [3.05, 3.63) is 40.3 Å². The summed E-state index contributed by atoms with van der Waals surface area (Å²) < 4.78 is 0.420. The lowest BCUT2D eigenvalue weighted by Gasteiger charge is -2.03. The van der Waals surface area contributed by atoms with E-state index in [1.807, 2.05) is 19.1 Å². The fraction of sp³-hybridized carbons (Fsp3) is 0.182. The van der Waals surface area contributed by atoms with Gasteiger partial charge >= 0.3 is 0 Å². The van der Waals surface area contributed by atoms with Gasteiger partial charge in [0, 0.05) is 5.56 Å². The number of H-pyrrole nitrogens is 1. The smallest absolute Gasteiger partial charge is 0.213 e. The number of nitrogens with one attached hydrogen (secondary N) is 1. The third-order valence-electron chi connectivity index (χ3n) is 2.20. The van der Waals surface area contributed by atoms with E-state index in [1.54, 1.807) is 0 Å². The predicted octanol–water partition coefficient (Wildman–Crippen LogP) is 2.82. The lowest BCUT2D eigenvalue weighted by atomic mass is 10.1. The van der Waals surface area contributed by atoms with Crippen LogP contribution in [0.25, 0.3) is 11.3 Å². The van der Waals surface area contributed by atoms with E-state index in [9.17, 15) is 0 Å². The second-order valence-electron chi connectivity index (χ2n) is 3.44. The molecular weight excluding hydrogens is 206 g/mol. The third kappa shape index (κ3) is 2.10. The van der Waals surface area contributed by atoms with Gasteiger partial charge in [0.2, 0.25) is 4.77 Å². The van der Waals surface area contributed by atoms with E-state index in [-0.39, 0.29) is 0 Å². The molecule has 1 aromatic heterocycles. The minimum absolute atomic E-state index is 0.420. The maximum atomic E-state index is 4.90. The molecule has 0 bridgehead atoms. The van der Waals surface area contributed by atoms with Crippen molar-refractivity contribution in [2.75, 3.05) is 0 Å². The number of nitrogens with zero attached hydrogens (tertiary/aromatic N) is 2. The first kappa shape index (κ1) is 9.98. The summed E-state index contributed by atoms with van der Waals surface area (Å²) in [5.74, 6) is 0. The van der Waals surface area contributed by atoms with E-state index in [2.05, 4.69) is 34.2 Å². The van der Waals surface area contributed by atoms with Gasteiger partial charge in [-0.05, 0) is 26.1 Å². The van der Waals surface area contributed by atoms with Gasteiger partial charge in [-0.1, -0.05) is 29.8 Å². The van der Waals surface area contributed by atoms with E-state index < -0.39 is 0 Å². The van der Waals surface area contributed by atoms with Gasteiger partial charge in [-0.2, -0.15) is 5.10 Å². The Morgan fingerprint density at radius 1 is 1.13 bits per heavy atom. The number of aromatic nitrogens is 3. The Hall–Kier alpha value is -1.55. The van der Waals surface area contributed by atoms with Crippen molar-refractivity contribution in [3.63, 3.8) is 0 Å². The quantitative estimate of drug-likeness (QED) is 0.747. The summed E-state index contributed by atoms with van der Waals surface area (Å²) in [5, 5.41) is 6.89. The fourth-order valence-electron chi connectivity index (χ4n) is 1.40. The van der Waals surface area contributed by atoms with Crippen LogP contribution in [0.3, 0.4) is 0 Å². The van der Waals surface area contributed by atoms with Crippen LogP contribution in [0.5, 0.6) is 0 Å². The van der Waals surface area contributed by atoms with Crippen molar-refractivity contribution in [2.24, 2.45) is 0 Å². The largest absolute Gasteiger partial charge is 0.251 e. The Balaban J connectivity index is 2.54. The Morgan fingerprint density at radius 3 is 2.40 bits per heavy atom. The zero-order chi connectivity index (χ0) is 10.8. The molecule has 0 unspecified atom stereocenters. The summed E-state index contributed by atoms with van der Waals surface area (Å²) in [6.45, 7) is 3.96. The van der Waals surface area contributed by atoms with Gasteiger partial charge in [-0.3, -0.25) is 5.10 Å². The zero-order valence-corrected chi connectivity index (χ0v) is 9.43. The standard InChI is InChI=1S/C11H11N3S/c1-7-3-5-9(6-4-7)10-8(2)12-11(15)14-13-10/h3-6H,1-2H3,(H,12,14,15). The molecule has 0 saturated carbocycles. The van der Waals surface area contributed by atoms with Gasteiger partial charge in [-0.15, -0.1) is 0 Å². The SMILES string of the molecule is Cc1ccc(-c2n[nH]c(=S)nc2C)cc1. The Morgan fingerprint density at radius 2 is 1.80 bits per heavy atom. The highest BCUT2D eigenvalue weighted by Gasteiger charge is 2.03. The van der Waals surface area contributed by atoms with Crippen LogP contribution in [0, 0.1) is 18.6 Å². The Labute approximate surface area is 93.2 Å². The van der Waals surface area contributed by atoms with E-state index in [0.717, 1.165) is 17.0 Å². The van der Waals surface area contributed by atoms with Crippen molar-refractivity contribution in [3.8, 4) is 11.3 Å². The average Bonchev–Trinajstić information content (AvgIpc) is 2.20. The Kier molecular flexibility index (Phi) is 2.60. The predicted molar refractivity (Wildman–Crippen MR) is 62.1 cm³/mol. The van der Waals surface area contributed by atoms with Crippen molar-refractivity contribution >= 4 is 12.2 Å². The molecule has 3 nitrogen and oxygen atoms in total. The minimum Gasteiger partial charge on any atom is -0.251 e.